The van der Waals surface area contributed by atoms with Crippen molar-refractivity contribution in [2.75, 3.05) is 6.54 Å². The number of hydrogen-bond donors (Lipinski definition) is 1. The molecule has 1 unspecified atom stereocenters. The Bertz CT molecular complexity index is 636. The van der Waals surface area contributed by atoms with Gasteiger partial charge >= 0.3 is 0 Å². The van der Waals surface area contributed by atoms with E-state index in [2.05, 4.69) is 77.9 Å². The highest BCUT2D eigenvalue weighted by Gasteiger charge is 2.17. The van der Waals surface area contributed by atoms with Crippen LogP contribution in [0.3, 0.4) is 0 Å². The van der Waals surface area contributed by atoms with E-state index in [1.54, 1.807) is 0 Å². The molecule has 0 aliphatic heterocycles. The maximum Gasteiger partial charge on any atom is 0.000681 e. The minimum Gasteiger partial charge on any atom is -0.330 e. The van der Waals surface area contributed by atoms with Gasteiger partial charge < -0.3 is 5.73 Å². The lowest BCUT2D eigenvalue weighted by atomic mass is 9.83. The second kappa shape index (κ2) is 6.88. The molecule has 0 aliphatic rings. The van der Waals surface area contributed by atoms with Gasteiger partial charge in [-0.2, -0.15) is 0 Å². The third-order valence-corrected chi connectivity index (χ3v) is 4.73. The molecule has 2 aromatic carbocycles. The Morgan fingerprint density at radius 1 is 0.913 bits per heavy atom. The van der Waals surface area contributed by atoms with E-state index >= 15 is 0 Å². The highest BCUT2D eigenvalue weighted by atomic mass is 14.5. The first-order valence-corrected chi connectivity index (χ1v) is 8.59. The zero-order valence-electron chi connectivity index (χ0n) is 15.5. The maximum atomic E-state index is 6.13. The third kappa shape index (κ3) is 4.23. The molecule has 1 nitrogen and oxygen atoms in total. The zero-order chi connectivity index (χ0) is 17.2. The normalized spacial score (nSPS) is 13.2. The molecular weight excluding hydrogens is 278 g/mol. The Balaban J connectivity index is 2.27. The van der Waals surface area contributed by atoms with Gasteiger partial charge in [-0.1, -0.05) is 62.7 Å². The van der Waals surface area contributed by atoms with Gasteiger partial charge in [-0.3, -0.25) is 0 Å². The van der Waals surface area contributed by atoms with Crippen molar-refractivity contribution in [3.05, 3.63) is 69.8 Å². The molecule has 2 rings (SSSR count). The van der Waals surface area contributed by atoms with Crippen molar-refractivity contribution in [1.82, 2.24) is 0 Å². The molecule has 2 aromatic rings. The van der Waals surface area contributed by atoms with Crippen molar-refractivity contribution < 1.29 is 0 Å². The van der Waals surface area contributed by atoms with Crippen LogP contribution in [0.1, 0.15) is 60.1 Å². The molecule has 0 aromatic heterocycles. The highest BCUT2D eigenvalue weighted by molar-refractivity contribution is 5.41. The lowest BCUT2D eigenvalue weighted by Crippen LogP contribution is -2.18. The SMILES string of the molecule is Cc1cc(C)c(C(CN)Cc2ccc(C(C)(C)C)cc2)c(C)c1. The average Bonchev–Trinajstić information content (AvgIpc) is 2.44. The summed E-state index contributed by atoms with van der Waals surface area (Å²) < 4.78 is 0. The molecule has 0 aliphatic carbocycles. The van der Waals surface area contributed by atoms with Crippen LogP contribution in [-0.4, -0.2) is 6.54 Å². The van der Waals surface area contributed by atoms with Crippen molar-refractivity contribution in [2.45, 2.75) is 59.3 Å². The smallest absolute Gasteiger partial charge is 0.000681 e. The standard InChI is InChI=1S/C22H31N/c1-15-11-16(2)21(17(3)12-15)19(14-23)13-18-7-9-20(10-8-18)22(4,5)6/h7-12,19H,13-14,23H2,1-6H3. The number of aryl methyl sites for hydroxylation is 3. The molecule has 124 valence electrons. The minimum atomic E-state index is 0.204. The third-order valence-electron chi connectivity index (χ3n) is 4.73. The summed E-state index contributed by atoms with van der Waals surface area (Å²) in [6, 6.07) is 13.6. The summed E-state index contributed by atoms with van der Waals surface area (Å²) >= 11 is 0. The number of benzene rings is 2. The van der Waals surface area contributed by atoms with Gasteiger partial charge in [-0.25, -0.2) is 0 Å². The van der Waals surface area contributed by atoms with E-state index in [9.17, 15) is 0 Å². The fraction of sp³-hybridized carbons (Fsp3) is 0.455. The van der Waals surface area contributed by atoms with Crippen molar-refractivity contribution in [3.8, 4) is 0 Å². The van der Waals surface area contributed by atoms with Crippen LogP contribution < -0.4 is 5.73 Å². The van der Waals surface area contributed by atoms with E-state index in [1.807, 2.05) is 0 Å². The zero-order valence-corrected chi connectivity index (χ0v) is 15.5. The number of hydrogen-bond acceptors (Lipinski definition) is 1. The van der Waals surface area contributed by atoms with Crippen LogP contribution in [0.15, 0.2) is 36.4 Å². The van der Waals surface area contributed by atoms with Gasteiger partial charge in [0, 0.05) is 5.92 Å². The molecule has 0 radical (unpaired) electrons. The molecule has 1 heteroatoms. The second-order valence-electron chi connectivity index (χ2n) is 7.90. The molecule has 0 spiro atoms. The largest absolute Gasteiger partial charge is 0.330 e. The molecule has 23 heavy (non-hydrogen) atoms. The van der Waals surface area contributed by atoms with Gasteiger partial charge in [-0.15, -0.1) is 0 Å². The molecular formula is C22H31N. The number of nitrogens with two attached hydrogens (primary N) is 1. The van der Waals surface area contributed by atoms with Gasteiger partial charge in [0.1, 0.15) is 0 Å². The summed E-state index contributed by atoms with van der Waals surface area (Å²) in [4.78, 5) is 0. The molecule has 2 N–H and O–H groups in total. The van der Waals surface area contributed by atoms with E-state index < -0.39 is 0 Å². The Labute approximate surface area is 141 Å². The predicted molar refractivity (Wildman–Crippen MR) is 101 cm³/mol. The van der Waals surface area contributed by atoms with Crippen LogP contribution in [0.4, 0.5) is 0 Å². The minimum absolute atomic E-state index is 0.204. The van der Waals surface area contributed by atoms with Gasteiger partial charge in [0.15, 0.2) is 0 Å². The van der Waals surface area contributed by atoms with Crippen LogP contribution in [0.5, 0.6) is 0 Å². The maximum absolute atomic E-state index is 6.13. The predicted octanol–water partition coefficient (Wildman–Crippen LogP) is 5.19. The molecule has 0 fully saturated rings. The molecule has 0 saturated carbocycles. The Morgan fingerprint density at radius 3 is 1.87 bits per heavy atom. The summed E-state index contributed by atoms with van der Waals surface area (Å²) in [5, 5.41) is 0. The summed E-state index contributed by atoms with van der Waals surface area (Å²) in [5.74, 6) is 0.385. The van der Waals surface area contributed by atoms with Crippen molar-refractivity contribution in [3.63, 3.8) is 0 Å². The van der Waals surface area contributed by atoms with Gasteiger partial charge in [0.25, 0.3) is 0 Å². The van der Waals surface area contributed by atoms with Gasteiger partial charge in [0.2, 0.25) is 0 Å². The molecule has 1 atom stereocenters. The fourth-order valence-corrected chi connectivity index (χ4v) is 3.56. The second-order valence-corrected chi connectivity index (χ2v) is 7.90. The molecule has 0 bridgehead atoms. The van der Waals surface area contributed by atoms with Crippen LogP contribution in [0.2, 0.25) is 0 Å². The van der Waals surface area contributed by atoms with Crippen molar-refractivity contribution in [1.29, 1.82) is 0 Å². The molecule has 0 amide bonds. The van der Waals surface area contributed by atoms with E-state index in [1.165, 1.54) is 33.4 Å². The van der Waals surface area contributed by atoms with Gasteiger partial charge in [-0.05, 0) is 67.0 Å². The van der Waals surface area contributed by atoms with E-state index in [0.717, 1.165) is 6.42 Å². The Hall–Kier alpha value is -1.60. The van der Waals surface area contributed by atoms with Crippen LogP contribution >= 0.6 is 0 Å². The van der Waals surface area contributed by atoms with Gasteiger partial charge in [0.05, 0.1) is 0 Å². The summed E-state index contributed by atoms with van der Waals surface area (Å²) in [7, 11) is 0. The Kier molecular flexibility index (Phi) is 5.31. The summed E-state index contributed by atoms with van der Waals surface area (Å²) in [6.45, 7) is 14.0. The first-order valence-electron chi connectivity index (χ1n) is 8.59. The summed E-state index contributed by atoms with van der Waals surface area (Å²) in [6.07, 6.45) is 1.01. The van der Waals surface area contributed by atoms with E-state index in [-0.39, 0.29) is 5.41 Å². The highest BCUT2D eigenvalue weighted by Crippen LogP contribution is 2.29. The quantitative estimate of drug-likeness (QED) is 0.826. The first kappa shape index (κ1) is 17.7. The first-order chi connectivity index (χ1) is 10.7. The van der Waals surface area contributed by atoms with Crippen LogP contribution in [0, 0.1) is 20.8 Å². The number of rotatable bonds is 4. The lowest BCUT2D eigenvalue weighted by molar-refractivity contribution is 0.589. The van der Waals surface area contributed by atoms with Crippen LogP contribution in [-0.2, 0) is 11.8 Å². The van der Waals surface area contributed by atoms with E-state index in [0.29, 0.717) is 12.5 Å². The molecule has 0 saturated heterocycles. The van der Waals surface area contributed by atoms with Crippen molar-refractivity contribution in [2.24, 2.45) is 5.73 Å². The monoisotopic (exact) mass is 309 g/mol. The Morgan fingerprint density at radius 2 is 1.43 bits per heavy atom. The summed E-state index contributed by atoms with van der Waals surface area (Å²) in [5.41, 5.74) is 14.6. The molecule has 0 heterocycles. The topological polar surface area (TPSA) is 26.0 Å². The average molecular weight is 309 g/mol. The van der Waals surface area contributed by atoms with E-state index in [4.69, 9.17) is 5.73 Å². The fourth-order valence-electron chi connectivity index (χ4n) is 3.56. The van der Waals surface area contributed by atoms with Crippen molar-refractivity contribution >= 4 is 0 Å². The lowest BCUT2D eigenvalue weighted by Gasteiger charge is -2.22. The van der Waals surface area contributed by atoms with Crippen LogP contribution in [0.25, 0.3) is 0 Å².